The number of nitrogens with zero attached hydrogens (tertiary/aromatic N) is 1. The monoisotopic (exact) mass is 332 g/mol. The van der Waals surface area contributed by atoms with E-state index in [9.17, 15) is 17.9 Å². The van der Waals surface area contributed by atoms with E-state index in [-0.39, 0.29) is 4.90 Å². The molecule has 2 aromatic carbocycles. The van der Waals surface area contributed by atoms with Crippen molar-refractivity contribution in [3.8, 4) is 5.75 Å². The summed E-state index contributed by atoms with van der Waals surface area (Å²) < 4.78 is 36.8. The van der Waals surface area contributed by atoms with Gasteiger partial charge in [0.05, 0.1) is 10.4 Å². The molecule has 2 N–H and O–H groups in total. The maximum absolute atomic E-state index is 13.1. The van der Waals surface area contributed by atoms with Gasteiger partial charge in [-0.25, -0.2) is 12.8 Å². The first-order chi connectivity index (χ1) is 10.9. The zero-order chi connectivity index (χ0) is 16.6. The topological polar surface area (TPSA) is 79.3 Å². The second kappa shape index (κ2) is 5.51. The number of hydrogen-bond donors (Lipinski definition) is 2. The molecule has 0 aliphatic rings. The highest BCUT2D eigenvalue weighted by Crippen LogP contribution is 2.30. The molecule has 0 atom stereocenters. The third-order valence-corrected chi connectivity index (χ3v) is 4.49. The Balaban J connectivity index is 2.13. The largest absolute Gasteiger partial charge is 0.505 e. The van der Waals surface area contributed by atoms with E-state index in [0.29, 0.717) is 22.3 Å². The highest BCUT2D eigenvalue weighted by Gasteiger charge is 2.14. The molecule has 7 heteroatoms. The van der Waals surface area contributed by atoms with Crippen LogP contribution in [0.25, 0.3) is 10.9 Å². The SMILES string of the molecule is CS(=O)(=O)c1cccc2c(Nc3ccc(F)c(O)c3)ccnc12. The third kappa shape index (κ3) is 2.95. The first-order valence-electron chi connectivity index (χ1n) is 6.69. The van der Waals surface area contributed by atoms with E-state index in [4.69, 9.17) is 0 Å². The van der Waals surface area contributed by atoms with E-state index in [1.807, 2.05) is 0 Å². The Kier molecular flexibility index (Phi) is 3.65. The normalized spacial score (nSPS) is 11.6. The smallest absolute Gasteiger partial charge is 0.177 e. The number of halogens is 1. The molecule has 0 fully saturated rings. The summed E-state index contributed by atoms with van der Waals surface area (Å²) in [6.07, 6.45) is 2.62. The molecule has 0 saturated carbocycles. The Labute approximate surface area is 132 Å². The van der Waals surface area contributed by atoms with E-state index in [0.717, 1.165) is 12.3 Å². The van der Waals surface area contributed by atoms with E-state index >= 15 is 0 Å². The van der Waals surface area contributed by atoms with E-state index in [1.54, 1.807) is 18.2 Å². The number of hydrogen-bond acceptors (Lipinski definition) is 5. The highest BCUT2D eigenvalue weighted by atomic mass is 32.2. The first kappa shape index (κ1) is 15.2. The van der Waals surface area contributed by atoms with Gasteiger partial charge in [-0.3, -0.25) is 4.98 Å². The Hall–Kier alpha value is -2.67. The average molecular weight is 332 g/mol. The van der Waals surface area contributed by atoms with Crippen molar-refractivity contribution in [3.63, 3.8) is 0 Å². The van der Waals surface area contributed by atoms with Crippen molar-refractivity contribution in [1.82, 2.24) is 4.98 Å². The van der Waals surface area contributed by atoms with Crippen molar-refractivity contribution >= 4 is 32.1 Å². The van der Waals surface area contributed by atoms with Crippen LogP contribution >= 0.6 is 0 Å². The minimum absolute atomic E-state index is 0.139. The number of benzene rings is 2. The summed E-state index contributed by atoms with van der Waals surface area (Å²) in [5, 5.41) is 13.1. The molecule has 3 aromatic rings. The van der Waals surface area contributed by atoms with Crippen molar-refractivity contribution in [1.29, 1.82) is 0 Å². The van der Waals surface area contributed by atoms with Crippen molar-refractivity contribution in [2.24, 2.45) is 0 Å². The zero-order valence-electron chi connectivity index (χ0n) is 12.1. The summed E-state index contributed by atoms with van der Waals surface area (Å²) in [6.45, 7) is 0. The molecule has 0 unspecified atom stereocenters. The number of rotatable bonds is 3. The van der Waals surface area contributed by atoms with Crippen LogP contribution in [0.1, 0.15) is 0 Å². The molecule has 1 heterocycles. The number of phenols is 1. The lowest BCUT2D eigenvalue weighted by atomic mass is 10.1. The van der Waals surface area contributed by atoms with Crippen LogP contribution in [0.15, 0.2) is 53.6 Å². The second-order valence-corrected chi connectivity index (χ2v) is 7.06. The molecule has 0 saturated heterocycles. The van der Waals surface area contributed by atoms with Crippen molar-refractivity contribution < 1.29 is 17.9 Å². The number of anilines is 2. The van der Waals surface area contributed by atoms with Gasteiger partial charge in [-0.15, -0.1) is 0 Å². The van der Waals surface area contributed by atoms with Crippen LogP contribution in [-0.4, -0.2) is 24.8 Å². The van der Waals surface area contributed by atoms with Gasteiger partial charge < -0.3 is 10.4 Å². The van der Waals surface area contributed by atoms with Crippen molar-refractivity contribution in [3.05, 3.63) is 54.5 Å². The minimum atomic E-state index is -3.41. The number of sulfone groups is 1. The molecule has 0 aliphatic heterocycles. The lowest BCUT2D eigenvalue weighted by molar-refractivity contribution is 0.433. The average Bonchev–Trinajstić information content (AvgIpc) is 2.50. The fourth-order valence-corrected chi connectivity index (χ4v) is 3.14. The number of para-hydroxylation sites is 1. The summed E-state index contributed by atoms with van der Waals surface area (Å²) in [7, 11) is -3.41. The molecule has 0 radical (unpaired) electrons. The number of fused-ring (bicyclic) bond motifs is 1. The van der Waals surface area contributed by atoms with Gasteiger partial charge in [0.25, 0.3) is 0 Å². The van der Waals surface area contributed by atoms with Gasteiger partial charge in [0.2, 0.25) is 0 Å². The molecule has 5 nitrogen and oxygen atoms in total. The Morgan fingerprint density at radius 2 is 1.96 bits per heavy atom. The Bertz CT molecular complexity index is 1000. The zero-order valence-corrected chi connectivity index (χ0v) is 12.9. The molecule has 0 aliphatic carbocycles. The third-order valence-electron chi connectivity index (χ3n) is 3.36. The van der Waals surface area contributed by atoms with E-state index in [1.165, 1.54) is 24.4 Å². The molecule has 118 valence electrons. The van der Waals surface area contributed by atoms with Crippen LogP contribution < -0.4 is 5.32 Å². The molecular weight excluding hydrogens is 319 g/mol. The molecule has 0 spiro atoms. The first-order valence-corrected chi connectivity index (χ1v) is 8.59. The van der Waals surface area contributed by atoms with Gasteiger partial charge in [0.1, 0.15) is 0 Å². The Morgan fingerprint density at radius 3 is 2.65 bits per heavy atom. The summed E-state index contributed by atoms with van der Waals surface area (Å²) in [4.78, 5) is 4.29. The van der Waals surface area contributed by atoms with E-state index in [2.05, 4.69) is 10.3 Å². The predicted octanol–water partition coefficient (Wildman–Crippen LogP) is 3.23. The van der Waals surface area contributed by atoms with Crippen LogP contribution in [0.3, 0.4) is 0 Å². The lowest BCUT2D eigenvalue weighted by Gasteiger charge is -2.11. The van der Waals surface area contributed by atoms with Crippen LogP contribution in [0.4, 0.5) is 15.8 Å². The maximum atomic E-state index is 13.1. The summed E-state index contributed by atoms with van der Waals surface area (Å²) in [6, 6.07) is 10.4. The fourth-order valence-electron chi connectivity index (χ4n) is 2.30. The highest BCUT2D eigenvalue weighted by molar-refractivity contribution is 7.91. The summed E-state index contributed by atoms with van der Waals surface area (Å²) >= 11 is 0. The number of phenolic OH excluding ortho intramolecular Hbond substituents is 1. The predicted molar refractivity (Wildman–Crippen MR) is 86.2 cm³/mol. The van der Waals surface area contributed by atoms with Gasteiger partial charge >= 0.3 is 0 Å². The fraction of sp³-hybridized carbons (Fsp3) is 0.0625. The van der Waals surface area contributed by atoms with Crippen LogP contribution in [0.5, 0.6) is 5.75 Å². The molecule has 0 bridgehead atoms. The van der Waals surface area contributed by atoms with Gasteiger partial charge in [0.15, 0.2) is 21.4 Å². The van der Waals surface area contributed by atoms with Gasteiger partial charge in [-0.05, 0) is 24.3 Å². The number of pyridine rings is 1. The van der Waals surface area contributed by atoms with Gasteiger partial charge in [0, 0.05) is 35.3 Å². The van der Waals surface area contributed by atoms with Crippen molar-refractivity contribution in [2.45, 2.75) is 4.90 Å². The van der Waals surface area contributed by atoms with Crippen LogP contribution in [0, 0.1) is 5.82 Å². The second-order valence-electron chi connectivity index (χ2n) is 5.07. The summed E-state index contributed by atoms with van der Waals surface area (Å²) in [5.41, 5.74) is 1.43. The van der Waals surface area contributed by atoms with Crippen molar-refractivity contribution in [2.75, 3.05) is 11.6 Å². The number of aromatic hydroxyl groups is 1. The Morgan fingerprint density at radius 1 is 1.17 bits per heavy atom. The van der Waals surface area contributed by atoms with Gasteiger partial charge in [-0.2, -0.15) is 0 Å². The van der Waals surface area contributed by atoms with Gasteiger partial charge in [-0.1, -0.05) is 12.1 Å². The van der Waals surface area contributed by atoms with Crippen LogP contribution in [0.2, 0.25) is 0 Å². The van der Waals surface area contributed by atoms with E-state index < -0.39 is 21.4 Å². The summed E-state index contributed by atoms with van der Waals surface area (Å²) in [5.74, 6) is -1.18. The number of nitrogens with one attached hydrogen (secondary N) is 1. The quantitative estimate of drug-likeness (QED) is 0.770. The maximum Gasteiger partial charge on any atom is 0.177 e. The minimum Gasteiger partial charge on any atom is -0.505 e. The van der Waals surface area contributed by atoms with Crippen LogP contribution in [-0.2, 0) is 9.84 Å². The number of aromatic nitrogens is 1. The molecule has 0 amide bonds. The molecule has 3 rings (SSSR count). The standard InChI is InChI=1S/C16H13FN2O3S/c1-23(21,22)15-4-2-3-11-13(7-8-18-16(11)15)19-10-5-6-12(17)14(20)9-10/h2-9,20H,1H3,(H,18,19). The molecular formula is C16H13FN2O3S. The molecule has 23 heavy (non-hydrogen) atoms. The molecule has 1 aromatic heterocycles. The lowest BCUT2D eigenvalue weighted by Crippen LogP contribution is -2.00.